The minimum atomic E-state index is -4.26. The van der Waals surface area contributed by atoms with Crippen LogP contribution in [-0.4, -0.2) is 12.3 Å². The molecule has 0 saturated heterocycles. The molecule has 15 heavy (non-hydrogen) atoms. The molecule has 5 heteroatoms. The minimum Gasteiger partial charge on any atom is -0.384 e. The Balaban J connectivity index is 2.36. The summed E-state index contributed by atoms with van der Waals surface area (Å²) >= 11 is 1.60. The summed E-state index contributed by atoms with van der Waals surface area (Å²) in [5.74, 6) is 0.950. The number of halogens is 3. The first-order chi connectivity index (χ1) is 7.07. The number of fused-ring (bicyclic) bond motifs is 1. The van der Waals surface area contributed by atoms with Gasteiger partial charge in [0.25, 0.3) is 0 Å². The summed E-state index contributed by atoms with van der Waals surface area (Å²) < 4.78 is 37.3. The Morgan fingerprint density at radius 3 is 2.80 bits per heavy atom. The van der Waals surface area contributed by atoms with Crippen molar-refractivity contribution >= 4 is 17.4 Å². The van der Waals surface area contributed by atoms with Crippen LogP contribution in [-0.2, 0) is 6.18 Å². The molecule has 2 rings (SSSR count). The van der Waals surface area contributed by atoms with Crippen LogP contribution in [0.4, 0.5) is 18.9 Å². The first-order valence-electron chi connectivity index (χ1n) is 4.65. The molecule has 0 spiro atoms. The smallest absolute Gasteiger partial charge is 0.384 e. The van der Waals surface area contributed by atoms with Gasteiger partial charge in [0.05, 0.1) is 5.56 Å². The van der Waals surface area contributed by atoms with E-state index in [4.69, 9.17) is 0 Å². The van der Waals surface area contributed by atoms with Crippen molar-refractivity contribution in [3.63, 3.8) is 0 Å². The van der Waals surface area contributed by atoms with Crippen LogP contribution in [0, 0.1) is 0 Å². The lowest BCUT2D eigenvalue weighted by Crippen LogP contribution is -2.06. The number of anilines is 1. The van der Waals surface area contributed by atoms with E-state index >= 15 is 0 Å². The van der Waals surface area contributed by atoms with Crippen LogP contribution in [0.1, 0.15) is 12.0 Å². The van der Waals surface area contributed by atoms with Crippen molar-refractivity contribution in [3.05, 3.63) is 23.8 Å². The summed E-state index contributed by atoms with van der Waals surface area (Å²) in [5, 5.41) is 3.02. The summed E-state index contributed by atoms with van der Waals surface area (Å²) in [6.45, 7) is 0.737. The number of rotatable bonds is 0. The van der Waals surface area contributed by atoms with E-state index in [1.165, 1.54) is 6.07 Å². The van der Waals surface area contributed by atoms with Gasteiger partial charge in [0.15, 0.2) is 0 Å². The number of hydrogen-bond acceptors (Lipinski definition) is 2. The van der Waals surface area contributed by atoms with Crippen molar-refractivity contribution < 1.29 is 13.2 Å². The summed E-state index contributed by atoms with van der Waals surface area (Å²) in [7, 11) is 0. The molecule has 0 fully saturated rings. The number of hydrogen-bond donors (Lipinski definition) is 1. The molecule has 1 aromatic carbocycles. The van der Waals surface area contributed by atoms with Gasteiger partial charge in [-0.1, -0.05) is 0 Å². The Bertz CT molecular complexity index is 362. The fourth-order valence-corrected chi connectivity index (χ4v) is 2.41. The molecule has 1 N–H and O–H groups in total. The standard InChI is InChI=1S/C10H10F3NS/c11-10(12,13)7-2-3-9-8(6-7)14-4-1-5-15-9/h2-3,6,14H,1,4-5H2. The molecular weight excluding hydrogens is 223 g/mol. The van der Waals surface area contributed by atoms with Crippen LogP contribution >= 0.6 is 11.8 Å². The fourth-order valence-electron chi connectivity index (χ4n) is 1.45. The first kappa shape index (κ1) is 10.7. The molecule has 1 heterocycles. The van der Waals surface area contributed by atoms with Crippen molar-refractivity contribution in [1.82, 2.24) is 0 Å². The highest BCUT2D eigenvalue weighted by Crippen LogP contribution is 2.36. The van der Waals surface area contributed by atoms with E-state index in [1.807, 2.05) is 0 Å². The maximum Gasteiger partial charge on any atom is 0.416 e. The number of alkyl halides is 3. The predicted molar refractivity (Wildman–Crippen MR) is 55.3 cm³/mol. The molecule has 0 atom stereocenters. The Hall–Kier alpha value is -0.840. The van der Waals surface area contributed by atoms with Crippen LogP contribution in [0.5, 0.6) is 0 Å². The van der Waals surface area contributed by atoms with Crippen molar-refractivity contribution in [2.45, 2.75) is 17.5 Å². The molecule has 0 radical (unpaired) electrons. The third kappa shape index (κ3) is 2.40. The van der Waals surface area contributed by atoms with Gasteiger partial charge in [-0.2, -0.15) is 13.2 Å². The van der Waals surface area contributed by atoms with E-state index in [0.29, 0.717) is 5.69 Å². The molecule has 1 aromatic rings. The zero-order valence-corrected chi connectivity index (χ0v) is 8.71. The average Bonchev–Trinajstić information content (AvgIpc) is 2.39. The third-order valence-electron chi connectivity index (χ3n) is 2.20. The highest BCUT2D eigenvalue weighted by atomic mass is 32.2. The van der Waals surface area contributed by atoms with Crippen molar-refractivity contribution in [2.24, 2.45) is 0 Å². The molecule has 0 aliphatic carbocycles. The number of thioether (sulfide) groups is 1. The van der Waals surface area contributed by atoms with E-state index in [2.05, 4.69) is 5.32 Å². The largest absolute Gasteiger partial charge is 0.416 e. The molecule has 1 aliphatic heterocycles. The van der Waals surface area contributed by atoms with Gasteiger partial charge in [0.1, 0.15) is 0 Å². The van der Waals surface area contributed by atoms with Gasteiger partial charge in [-0.3, -0.25) is 0 Å². The molecule has 82 valence electrons. The summed E-state index contributed by atoms with van der Waals surface area (Å²) in [4.78, 5) is 0.903. The monoisotopic (exact) mass is 233 g/mol. The highest BCUT2D eigenvalue weighted by molar-refractivity contribution is 7.99. The van der Waals surface area contributed by atoms with Crippen LogP contribution in [0.25, 0.3) is 0 Å². The molecule has 0 unspecified atom stereocenters. The van der Waals surface area contributed by atoms with Gasteiger partial charge in [-0.15, -0.1) is 11.8 Å². The van der Waals surface area contributed by atoms with Crippen molar-refractivity contribution in [3.8, 4) is 0 Å². The van der Waals surface area contributed by atoms with E-state index in [9.17, 15) is 13.2 Å². The van der Waals surface area contributed by atoms with Gasteiger partial charge >= 0.3 is 6.18 Å². The van der Waals surface area contributed by atoms with Crippen LogP contribution in [0.3, 0.4) is 0 Å². The lowest BCUT2D eigenvalue weighted by atomic mass is 10.2. The van der Waals surface area contributed by atoms with Gasteiger partial charge in [0, 0.05) is 17.1 Å². The quantitative estimate of drug-likeness (QED) is 0.734. The molecule has 0 saturated carbocycles. The second kappa shape index (κ2) is 3.96. The number of nitrogens with one attached hydrogen (secondary N) is 1. The third-order valence-corrected chi connectivity index (χ3v) is 3.36. The van der Waals surface area contributed by atoms with Gasteiger partial charge in [0.2, 0.25) is 0 Å². The number of benzene rings is 1. The highest BCUT2D eigenvalue weighted by Gasteiger charge is 2.31. The molecule has 0 amide bonds. The maximum absolute atomic E-state index is 12.4. The zero-order chi connectivity index (χ0) is 10.9. The second-order valence-electron chi connectivity index (χ2n) is 3.34. The average molecular weight is 233 g/mol. The summed E-state index contributed by atoms with van der Waals surface area (Å²) in [6, 6.07) is 3.87. The van der Waals surface area contributed by atoms with Gasteiger partial charge < -0.3 is 5.32 Å². The second-order valence-corrected chi connectivity index (χ2v) is 4.47. The maximum atomic E-state index is 12.4. The molecule has 1 aliphatic rings. The molecule has 1 nitrogen and oxygen atoms in total. The van der Waals surface area contributed by atoms with E-state index in [-0.39, 0.29) is 0 Å². The Labute approximate surface area is 90.1 Å². The molecular formula is C10H10F3NS. The van der Waals surface area contributed by atoms with E-state index in [1.54, 1.807) is 17.8 Å². The zero-order valence-electron chi connectivity index (χ0n) is 7.90. The molecule has 0 bridgehead atoms. The van der Waals surface area contributed by atoms with Crippen LogP contribution in [0.15, 0.2) is 23.1 Å². The van der Waals surface area contributed by atoms with Crippen LogP contribution < -0.4 is 5.32 Å². The van der Waals surface area contributed by atoms with E-state index < -0.39 is 11.7 Å². The fraction of sp³-hybridized carbons (Fsp3) is 0.400. The first-order valence-corrected chi connectivity index (χ1v) is 5.64. The Morgan fingerprint density at radius 1 is 1.27 bits per heavy atom. The lowest BCUT2D eigenvalue weighted by Gasteiger charge is -2.11. The van der Waals surface area contributed by atoms with Crippen LogP contribution in [0.2, 0.25) is 0 Å². The topological polar surface area (TPSA) is 12.0 Å². The Kier molecular flexibility index (Phi) is 2.82. The lowest BCUT2D eigenvalue weighted by molar-refractivity contribution is -0.137. The summed E-state index contributed by atoms with van der Waals surface area (Å²) in [5.41, 5.74) is 0.0172. The predicted octanol–water partition coefficient (Wildman–Crippen LogP) is 3.61. The van der Waals surface area contributed by atoms with E-state index in [0.717, 1.165) is 29.7 Å². The van der Waals surface area contributed by atoms with Gasteiger partial charge in [-0.25, -0.2) is 0 Å². The minimum absolute atomic E-state index is 0.587. The normalized spacial score (nSPS) is 16.5. The SMILES string of the molecule is FC(F)(F)c1ccc2c(c1)NCCCS2. The van der Waals surface area contributed by atoms with Crippen molar-refractivity contribution in [1.29, 1.82) is 0 Å². The van der Waals surface area contributed by atoms with Gasteiger partial charge in [-0.05, 0) is 30.4 Å². The summed E-state index contributed by atoms with van der Waals surface area (Å²) in [6.07, 6.45) is -3.28. The molecule has 0 aromatic heterocycles. The Morgan fingerprint density at radius 2 is 2.07 bits per heavy atom. The van der Waals surface area contributed by atoms with Crippen molar-refractivity contribution in [2.75, 3.05) is 17.6 Å².